The highest BCUT2D eigenvalue weighted by molar-refractivity contribution is 5.75. The van der Waals surface area contributed by atoms with Crippen LogP contribution in [0.4, 0.5) is 0 Å². The van der Waals surface area contributed by atoms with Gasteiger partial charge in [-0.1, -0.05) is 45.4 Å². The van der Waals surface area contributed by atoms with Crippen molar-refractivity contribution in [2.24, 2.45) is 35.0 Å². The first-order chi connectivity index (χ1) is 11.0. The van der Waals surface area contributed by atoms with Gasteiger partial charge in [-0.25, -0.2) is 0 Å². The van der Waals surface area contributed by atoms with E-state index in [2.05, 4.69) is 6.92 Å². The highest BCUT2D eigenvalue weighted by Gasteiger charge is 2.46. The van der Waals surface area contributed by atoms with Gasteiger partial charge in [0.05, 0.1) is 12.0 Å². The molecule has 0 spiro atoms. The number of ether oxygens (including phenoxy) is 1. The van der Waals surface area contributed by atoms with Crippen molar-refractivity contribution in [3.63, 3.8) is 0 Å². The van der Waals surface area contributed by atoms with Crippen molar-refractivity contribution in [3.05, 3.63) is 0 Å². The van der Waals surface area contributed by atoms with Crippen molar-refractivity contribution in [2.75, 3.05) is 6.61 Å². The minimum absolute atomic E-state index is 0.0188. The summed E-state index contributed by atoms with van der Waals surface area (Å²) in [6.45, 7) is 6.81. The van der Waals surface area contributed by atoms with E-state index in [4.69, 9.17) is 4.74 Å². The minimum Gasteiger partial charge on any atom is -0.465 e. The van der Waals surface area contributed by atoms with Crippen molar-refractivity contribution >= 4 is 5.97 Å². The van der Waals surface area contributed by atoms with Gasteiger partial charge in [-0.3, -0.25) is 4.79 Å². The van der Waals surface area contributed by atoms with Crippen LogP contribution in [0.5, 0.6) is 0 Å². The van der Waals surface area contributed by atoms with Crippen LogP contribution in [0, 0.1) is 35.0 Å². The van der Waals surface area contributed by atoms with E-state index in [0.717, 1.165) is 30.1 Å². The van der Waals surface area contributed by atoms with E-state index < -0.39 is 0 Å². The number of carbonyl (C=O) groups excluding carboxylic acids is 1. The average molecular weight is 321 g/mol. The maximum absolute atomic E-state index is 12.4. The van der Waals surface area contributed by atoms with Crippen LogP contribution in [0.25, 0.3) is 0 Å². The highest BCUT2D eigenvalue weighted by Crippen LogP contribution is 2.53. The molecule has 2 heteroatoms. The van der Waals surface area contributed by atoms with E-state index in [1.165, 1.54) is 57.8 Å². The summed E-state index contributed by atoms with van der Waals surface area (Å²) in [6.07, 6.45) is 13.6. The lowest BCUT2D eigenvalue weighted by molar-refractivity contribution is -0.159. The summed E-state index contributed by atoms with van der Waals surface area (Å²) in [5.41, 5.74) is -0.327. The number of hydrogen-bond acceptors (Lipinski definition) is 2. The molecule has 0 aromatic rings. The normalized spacial score (nSPS) is 37.6. The fourth-order valence-corrected chi connectivity index (χ4v) is 5.65. The molecule has 0 amide bonds. The molecule has 0 aromatic carbocycles. The standard InChI is InChI=1S/C21H36O2/c1-4-21(2,3)20(22)23-14-19-17-11-7-5-9-15(17)13-16-10-6-8-12-18(16)19/h15-19H,4-14H2,1-3H3. The van der Waals surface area contributed by atoms with Gasteiger partial charge in [-0.2, -0.15) is 0 Å². The molecule has 3 rings (SSSR count). The van der Waals surface area contributed by atoms with Crippen LogP contribution >= 0.6 is 0 Å². The van der Waals surface area contributed by atoms with Crippen LogP contribution in [-0.4, -0.2) is 12.6 Å². The first-order valence-corrected chi connectivity index (χ1v) is 10.2. The zero-order valence-corrected chi connectivity index (χ0v) is 15.5. The van der Waals surface area contributed by atoms with Crippen molar-refractivity contribution in [3.8, 4) is 0 Å². The summed E-state index contributed by atoms with van der Waals surface area (Å²) >= 11 is 0. The third kappa shape index (κ3) is 3.61. The van der Waals surface area contributed by atoms with Gasteiger partial charge in [-0.15, -0.1) is 0 Å². The summed E-state index contributed by atoms with van der Waals surface area (Å²) in [7, 11) is 0. The third-order valence-corrected chi connectivity index (χ3v) is 7.48. The Bertz CT molecular complexity index is 392. The molecule has 0 radical (unpaired) electrons. The summed E-state index contributed by atoms with van der Waals surface area (Å²) in [5.74, 6) is 4.18. The smallest absolute Gasteiger partial charge is 0.311 e. The van der Waals surface area contributed by atoms with Gasteiger partial charge < -0.3 is 4.74 Å². The Morgan fingerprint density at radius 3 is 2.00 bits per heavy atom. The molecule has 0 aliphatic heterocycles. The van der Waals surface area contributed by atoms with E-state index in [9.17, 15) is 4.79 Å². The van der Waals surface area contributed by atoms with Crippen molar-refractivity contribution < 1.29 is 9.53 Å². The number of fused-ring (bicyclic) bond motifs is 2. The lowest BCUT2D eigenvalue weighted by atomic mass is 9.55. The molecule has 3 aliphatic rings. The van der Waals surface area contributed by atoms with Crippen molar-refractivity contribution in [2.45, 2.75) is 85.0 Å². The van der Waals surface area contributed by atoms with Gasteiger partial charge in [0.2, 0.25) is 0 Å². The zero-order chi connectivity index (χ0) is 16.4. The van der Waals surface area contributed by atoms with E-state index >= 15 is 0 Å². The lowest BCUT2D eigenvalue weighted by Gasteiger charge is -2.51. The fourth-order valence-electron chi connectivity index (χ4n) is 5.65. The highest BCUT2D eigenvalue weighted by atomic mass is 16.5. The second-order valence-corrected chi connectivity index (χ2v) is 9.15. The maximum atomic E-state index is 12.4. The van der Waals surface area contributed by atoms with E-state index in [1.807, 2.05) is 13.8 Å². The summed E-state index contributed by atoms with van der Waals surface area (Å²) in [4.78, 5) is 12.4. The molecule has 2 nitrogen and oxygen atoms in total. The van der Waals surface area contributed by atoms with E-state index in [-0.39, 0.29) is 11.4 Å². The number of carbonyl (C=O) groups is 1. The zero-order valence-electron chi connectivity index (χ0n) is 15.5. The Hall–Kier alpha value is -0.530. The molecule has 3 fully saturated rings. The molecule has 3 saturated carbocycles. The lowest BCUT2D eigenvalue weighted by Crippen LogP contribution is -2.45. The molecule has 0 aromatic heterocycles. The minimum atomic E-state index is -0.327. The summed E-state index contributed by atoms with van der Waals surface area (Å²) < 4.78 is 5.90. The number of rotatable bonds is 4. The molecular formula is C21H36O2. The van der Waals surface area contributed by atoms with Gasteiger partial charge in [-0.05, 0) is 69.1 Å². The van der Waals surface area contributed by atoms with Crippen molar-refractivity contribution in [1.82, 2.24) is 0 Å². The molecule has 132 valence electrons. The largest absolute Gasteiger partial charge is 0.465 e. The summed E-state index contributed by atoms with van der Waals surface area (Å²) in [5, 5.41) is 0. The SMILES string of the molecule is CCC(C)(C)C(=O)OCC1C2CCCCC2CC2CCCCC21. The van der Waals surface area contributed by atoms with E-state index in [0.29, 0.717) is 12.5 Å². The van der Waals surface area contributed by atoms with Crippen LogP contribution in [0.3, 0.4) is 0 Å². The quantitative estimate of drug-likeness (QED) is 0.630. The number of esters is 1. The molecule has 4 atom stereocenters. The Morgan fingerprint density at radius 2 is 1.48 bits per heavy atom. The topological polar surface area (TPSA) is 26.3 Å². The summed E-state index contributed by atoms with van der Waals surface area (Å²) in [6, 6.07) is 0. The Kier molecular flexibility index (Phi) is 5.38. The van der Waals surface area contributed by atoms with Gasteiger partial charge in [0.1, 0.15) is 0 Å². The molecule has 0 bridgehead atoms. The van der Waals surface area contributed by atoms with Crippen LogP contribution in [0.1, 0.15) is 85.0 Å². The molecule has 0 saturated heterocycles. The monoisotopic (exact) mass is 320 g/mol. The molecule has 23 heavy (non-hydrogen) atoms. The molecule has 0 heterocycles. The maximum Gasteiger partial charge on any atom is 0.311 e. The van der Waals surface area contributed by atoms with Crippen LogP contribution in [0.2, 0.25) is 0 Å². The fraction of sp³-hybridized carbons (Fsp3) is 0.952. The second kappa shape index (κ2) is 7.15. The Labute approximate surface area is 142 Å². The predicted molar refractivity (Wildman–Crippen MR) is 94.0 cm³/mol. The van der Waals surface area contributed by atoms with Gasteiger partial charge in [0.25, 0.3) is 0 Å². The van der Waals surface area contributed by atoms with Crippen LogP contribution < -0.4 is 0 Å². The van der Waals surface area contributed by atoms with Gasteiger partial charge >= 0.3 is 5.97 Å². The molecule has 3 aliphatic carbocycles. The van der Waals surface area contributed by atoms with Crippen LogP contribution in [-0.2, 0) is 9.53 Å². The van der Waals surface area contributed by atoms with E-state index in [1.54, 1.807) is 0 Å². The molecule has 0 N–H and O–H groups in total. The first-order valence-electron chi connectivity index (χ1n) is 10.2. The molecule has 4 unspecified atom stereocenters. The average Bonchev–Trinajstić information content (AvgIpc) is 2.58. The first kappa shape index (κ1) is 17.3. The Balaban J connectivity index is 1.69. The third-order valence-electron chi connectivity index (χ3n) is 7.48. The number of hydrogen-bond donors (Lipinski definition) is 0. The second-order valence-electron chi connectivity index (χ2n) is 9.15. The molecular weight excluding hydrogens is 284 g/mol. The predicted octanol–water partition coefficient (Wildman–Crippen LogP) is 5.60. The van der Waals surface area contributed by atoms with Gasteiger partial charge in [0, 0.05) is 0 Å². The van der Waals surface area contributed by atoms with Gasteiger partial charge in [0.15, 0.2) is 0 Å². The van der Waals surface area contributed by atoms with Crippen LogP contribution in [0.15, 0.2) is 0 Å². The van der Waals surface area contributed by atoms with Crippen molar-refractivity contribution in [1.29, 1.82) is 0 Å². The Morgan fingerprint density at radius 1 is 0.957 bits per heavy atom.